The van der Waals surface area contributed by atoms with Gasteiger partial charge in [-0.2, -0.15) is 0 Å². The lowest BCUT2D eigenvalue weighted by molar-refractivity contribution is 0.888. The fourth-order valence-electron chi connectivity index (χ4n) is 6.66. The third-order valence-electron chi connectivity index (χ3n) is 8.62. The van der Waals surface area contributed by atoms with Gasteiger partial charge in [-0.25, -0.2) is 0 Å². The summed E-state index contributed by atoms with van der Waals surface area (Å²) in [5.41, 5.74) is 13.4. The molecule has 214 valence electrons. The molecule has 0 radical (unpaired) electrons. The summed E-state index contributed by atoms with van der Waals surface area (Å²) in [6.07, 6.45) is 11.2. The second kappa shape index (κ2) is 12.4. The molecule has 42 heavy (non-hydrogen) atoms. The highest BCUT2D eigenvalue weighted by Gasteiger charge is 2.19. The molecule has 0 fully saturated rings. The quantitative estimate of drug-likeness (QED) is 0.151. The predicted octanol–water partition coefficient (Wildman–Crippen LogP) is 11.1. The van der Waals surface area contributed by atoms with Crippen LogP contribution in [-0.4, -0.2) is 9.13 Å². The molecule has 0 spiro atoms. The van der Waals surface area contributed by atoms with Crippen molar-refractivity contribution in [2.24, 2.45) is 0 Å². The summed E-state index contributed by atoms with van der Waals surface area (Å²) in [7, 11) is 0. The molecule has 0 aliphatic carbocycles. The Labute approximate surface area is 251 Å². The fraction of sp³-hybridized carbons (Fsp3) is 0.300. The number of para-hydroxylation sites is 1. The minimum atomic E-state index is 1.05. The monoisotopic (exact) mass is 552 g/mol. The minimum absolute atomic E-state index is 1.05. The topological polar surface area (TPSA) is 9.86 Å². The molecule has 0 amide bonds. The Morgan fingerprint density at radius 3 is 1.95 bits per heavy atom. The van der Waals surface area contributed by atoms with Gasteiger partial charge in [0, 0.05) is 33.9 Å². The van der Waals surface area contributed by atoms with Crippen LogP contribution in [0.3, 0.4) is 0 Å². The van der Waals surface area contributed by atoms with Crippen molar-refractivity contribution >= 4 is 21.8 Å². The van der Waals surface area contributed by atoms with Gasteiger partial charge in [0.05, 0.1) is 16.7 Å². The number of aromatic nitrogens is 2. The van der Waals surface area contributed by atoms with Crippen molar-refractivity contribution in [1.29, 1.82) is 0 Å². The van der Waals surface area contributed by atoms with Crippen LogP contribution in [0.5, 0.6) is 0 Å². The Morgan fingerprint density at radius 1 is 0.524 bits per heavy atom. The smallest absolute Gasteiger partial charge is 0.0543 e. The Morgan fingerprint density at radius 2 is 1.19 bits per heavy atom. The minimum Gasteiger partial charge on any atom is -0.316 e. The number of benzene rings is 4. The van der Waals surface area contributed by atoms with Crippen LogP contribution in [0.1, 0.15) is 75.6 Å². The van der Waals surface area contributed by atoms with Crippen LogP contribution in [0, 0.1) is 0 Å². The van der Waals surface area contributed by atoms with Crippen LogP contribution in [0.15, 0.2) is 97.2 Å². The maximum Gasteiger partial charge on any atom is 0.0543 e. The van der Waals surface area contributed by atoms with E-state index in [1.165, 1.54) is 79.5 Å². The molecule has 0 N–H and O–H groups in total. The highest BCUT2D eigenvalue weighted by molar-refractivity contribution is 5.90. The zero-order valence-corrected chi connectivity index (χ0v) is 25.8. The Hall–Kier alpha value is -4.04. The molecule has 6 aromatic rings. The van der Waals surface area contributed by atoms with E-state index in [0.29, 0.717) is 0 Å². The summed E-state index contributed by atoms with van der Waals surface area (Å²) in [6, 6.07) is 34.8. The summed E-state index contributed by atoms with van der Waals surface area (Å²) in [5, 5.41) is 2.61. The van der Waals surface area contributed by atoms with E-state index in [2.05, 4.69) is 134 Å². The van der Waals surface area contributed by atoms with E-state index in [9.17, 15) is 0 Å². The van der Waals surface area contributed by atoms with Crippen LogP contribution in [0.4, 0.5) is 0 Å². The molecule has 0 bridgehead atoms. The van der Waals surface area contributed by atoms with Crippen molar-refractivity contribution in [2.75, 3.05) is 0 Å². The van der Waals surface area contributed by atoms with Gasteiger partial charge in [-0.05, 0) is 103 Å². The second-order valence-corrected chi connectivity index (χ2v) is 11.8. The highest BCUT2D eigenvalue weighted by atomic mass is 15.0. The first-order valence-electron chi connectivity index (χ1n) is 16.1. The molecule has 0 unspecified atom stereocenters. The molecule has 2 aromatic heterocycles. The summed E-state index contributed by atoms with van der Waals surface area (Å²) >= 11 is 0. The number of rotatable bonds is 11. The summed E-state index contributed by atoms with van der Waals surface area (Å²) in [6.45, 7) is 9.09. The van der Waals surface area contributed by atoms with Gasteiger partial charge in [-0.1, -0.05) is 89.8 Å². The molecule has 0 aliphatic rings. The van der Waals surface area contributed by atoms with Gasteiger partial charge in [-0.15, -0.1) is 0 Å². The van der Waals surface area contributed by atoms with Gasteiger partial charge in [0.25, 0.3) is 0 Å². The molecule has 2 nitrogen and oxygen atoms in total. The van der Waals surface area contributed by atoms with Gasteiger partial charge >= 0.3 is 0 Å². The highest BCUT2D eigenvalue weighted by Crippen LogP contribution is 2.37. The molecule has 2 heteroatoms. The van der Waals surface area contributed by atoms with Crippen molar-refractivity contribution < 1.29 is 0 Å². The number of hydrogen-bond acceptors (Lipinski definition) is 0. The summed E-state index contributed by atoms with van der Waals surface area (Å²) in [4.78, 5) is 0. The average molecular weight is 553 g/mol. The van der Waals surface area contributed by atoms with Gasteiger partial charge in [0.1, 0.15) is 0 Å². The molecule has 0 saturated carbocycles. The maximum absolute atomic E-state index is 2.51. The zero-order valence-electron chi connectivity index (χ0n) is 25.8. The molecule has 0 saturated heterocycles. The van der Waals surface area contributed by atoms with Gasteiger partial charge in [0.15, 0.2) is 0 Å². The first-order valence-corrected chi connectivity index (χ1v) is 16.1. The van der Waals surface area contributed by atoms with Crippen molar-refractivity contribution in [1.82, 2.24) is 9.13 Å². The molecule has 6 rings (SSSR count). The number of aryl methyl sites for hydroxylation is 4. The number of hydrogen-bond donors (Lipinski definition) is 0. The SMILES string of the molecule is CCCc1ccc(-n2c(-c3cc(CCC)c(-n4ccc5cc(CCC)ccc54)cc3CCC)cc3ccccc32)cc1. The van der Waals surface area contributed by atoms with Crippen LogP contribution in [0.25, 0.3) is 44.4 Å². The largest absolute Gasteiger partial charge is 0.316 e. The molecular weight excluding hydrogens is 508 g/mol. The molecule has 2 heterocycles. The van der Waals surface area contributed by atoms with Crippen LogP contribution in [0.2, 0.25) is 0 Å². The lowest BCUT2D eigenvalue weighted by Crippen LogP contribution is -2.05. The second-order valence-electron chi connectivity index (χ2n) is 11.8. The molecular formula is C40H44N2. The van der Waals surface area contributed by atoms with E-state index in [1.807, 2.05) is 0 Å². The van der Waals surface area contributed by atoms with E-state index in [1.54, 1.807) is 0 Å². The summed E-state index contributed by atoms with van der Waals surface area (Å²) < 4.78 is 4.91. The zero-order chi connectivity index (χ0) is 29.1. The van der Waals surface area contributed by atoms with E-state index < -0.39 is 0 Å². The number of fused-ring (bicyclic) bond motifs is 2. The van der Waals surface area contributed by atoms with Gasteiger partial charge in [0.2, 0.25) is 0 Å². The normalized spacial score (nSPS) is 11.6. The Balaban J connectivity index is 1.56. The fourth-order valence-corrected chi connectivity index (χ4v) is 6.66. The first-order chi connectivity index (χ1) is 20.6. The van der Waals surface area contributed by atoms with Crippen LogP contribution in [-0.2, 0) is 25.7 Å². The lowest BCUT2D eigenvalue weighted by Gasteiger charge is -2.20. The molecule has 4 aromatic carbocycles. The van der Waals surface area contributed by atoms with Gasteiger partial charge < -0.3 is 9.13 Å². The van der Waals surface area contributed by atoms with E-state index >= 15 is 0 Å². The van der Waals surface area contributed by atoms with Crippen molar-refractivity contribution in [3.05, 3.63) is 119 Å². The Kier molecular flexibility index (Phi) is 8.33. The van der Waals surface area contributed by atoms with Crippen LogP contribution < -0.4 is 0 Å². The van der Waals surface area contributed by atoms with E-state index in [0.717, 1.165) is 38.5 Å². The van der Waals surface area contributed by atoms with Gasteiger partial charge in [-0.3, -0.25) is 0 Å². The maximum atomic E-state index is 2.51. The Bertz CT molecular complexity index is 1810. The molecule has 0 atom stereocenters. The standard InChI is InChI=1S/C40H44N2/c1-5-11-29-17-20-35(21-18-29)42-38-16-10-9-15-33(38)28-40(42)36-26-32(14-8-4)39(27-31(36)13-7-3)41-24-23-34-25-30(12-6-2)19-22-37(34)41/h9-10,15-28H,5-8,11-14H2,1-4H3. The third-order valence-corrected chi connectivity index (χ3v) is 8.62. The molecule has 0 aliphatic heterocycles. The van der Waals surface area contributed by atoms with E-state index in [-0.39, 0.29) is 0 Å². The lowest BCUT2D eigenvalue weighted by atomic mass is 9.94. The predicted molar refractivity (Wildman–Crippen MR) is 182 cm³/mol. The number of nitrogens with zero attached hydrogens (tertiary/aromatic N) is 2. The van der Waals surface area contributed by atoms with Crippen molar-refractivity contribution in [3.63, 3.8) is 0 Å². The average Bonchev–Trinajstić information content (AvgIpc) is 3.60. The van der Waals surface area contributed by atoms with Crippen molar-refractivity contribution in [3.8, 4) is 22.6 Å². The first kappa shape index (κ1) is 28.1. The third kappa shape index (κ3) is 5.31. The van der Waals surface area contributed by atoms with Crippen LogP contribution >= 0.6 is 0 Å². The van der Waals surface area contributed by atoms with Crippen molar-refractivity contribution in [2.45, 2.75) is 79.1 Å². The summed E-state index contributed by atoms with van der Waals surface area (Å²) in [5.74, 6) is 0. The van der Waals surface area contributed by atoms with E-state index in [4.69, 9.17) is 0 Å².